The van der Waals surface area contributed by atoms with Crippen LogP contribution in [-0.2, 0) is 0 Å². The summed E-state index contributed by atoms with van der Waals surface area (Å²) in [6, 6.07) is 13.1. The maximum atomic E-state index is 14.1. The standard InChI is InChI=1S/C23H17F2N3O3/c1-13(14-5-7-16(8-6-14)23(29)30)28-21-19-15(9-11-26-21)10-12-27-22(19)31-20-17(24)3-2-4-18(20)25/h2-13H,1H3,(H,26,28)(H,29,30)/t13-/m0/s1. The summed E-state index contributed by atoms with van der Waals surface area (Å²) in [5.41, 5.74) is 1.02. The van der Waals surface area contributed by atoms with Crippen molar-refractivity contribution in [2.75, 3.05) is 5.32 Å². The number of nitrogens with one attached hydrogen (secondary N) is 1. The number of aromatic nitrogens is 2. The molecular weight excluding hydrogens is 404 g/mol. The molecule has 0 bridgehead atoms. The van der Waals surface area contributed by atoms with Crippen LogP contribution in [0.2, 0.25) is 0 Å². The average molecular weight is 421 g/mol. The second-order valence-electron chi connectivity index (χ2n) is 6.82. The maximum absolute atomic E-state index is 14.1. The highest BCUT2D eigenvalue weighted by Gasteiger charge is 2.17. The van der Waals surface area contributed by atoms with Gasteiger partial charge >= 0.3 is 5.97 Å². The van der Waals surface area contributed by atoms with Gasteiger partial charge in [-0.3, -0.25) is 0 Å². The predicted octanol–water partition coefficient (Wildman–Crippen LogP) is 5.57. The fourth-order valence-electron chi connectivity index (χ4n) is 3.16. The van der Waals surface area contributed by atoms with Crippen LogP contribution < -0.4 is 10.1 Å². The zero-order valence-electron chi connectivity index (χ0n) is 16.3. The number of aromatic carboxylic acids is 1. The van der Waals surface area contributed by atoms with Crippen LogP contribution >= 0.6 is 0 Å². The molecule has 31 heavy (non-hydrogen) atoms. The zero-order chi connectivity index (χ0) is 22.0. The van der Waals surface area contributed by atoms with Gasteiger partial charge in [0.1, 0.15) is 5.82 Å². The highest BCUT2D eigenvalue weighted by Crippen LogP contribution is 2.35. The summed E-state index contributed by atoms with van der Waals surface area (Å²) in [7, 11) is 0. The number of carbonyl (C=O) groups is 1. The molecule has 0 saturated carbocycles. The van der Waals surface area contributed by atoms with Gasteiger partial charge in [-0.15, -0.1) is 0 Å². The van der Waals surface area contributed by atoms with Gasteiger partial charge in [-0.2, -0.15) is 0 Å². The molecule has 6 nitrogen and oxygen atoms in total. The Kier molecular flexibility index (Phi) is 5.44. The van der Waals surface area contributed by atoms with Crippen molar-refractivity contribution < 1.29 is 23.4 Å². The van der Waals surface area contributed by atoms with Crippen molar-refractivity contribution in [3.05, 3.63) is 89.8 Å². The first-order valence-corrected chi connectivity index (χ1v) is 9.39. The molecule has 0 amide bonds. The SMILES string of the molecule is C[C@H](Nc1nccc2ccnc(Oc3c(F)cccc3F)c12)c1ccc(C(=O)O)cc1. The van der Waals surface area contributed by atoms with Crippen LogP contribution in [0.5, 0.6) is 11.6 Å². The van der Waals surface area contributed by atoms with E-state index in [4.69, 9.17) is 9.84 Å². The lowest BCUT2D eigenvalue weighted by Crippen LogP contribution is -2.09. The van der Waals surface area contributed by atoms with Gasteiger partial charge in [0, 0.05) is 18.4 Å². The molecule has 2 aromatic heterocycles. The molecule has 8 heteroatoms. The molecule has 0 unspecified atom stereocenters. The molecule has 0 aliphatic heterocycles. The molecule has 1 atom stereocenters. The first-order valence-electron chi connectivity index (χ1n) is 9.39. The summed E-state index contributed by atoms with van der Waals surface area (Å²) in [4.78, 5) is 19.6. The van der Waals surface area contributed by atoms with Crippen molar-refractivity contribution in [3.8, 4) is 11.6 Å². The Balaban J connectivity index is 1.70. The lowest BCUT2D eigenvalue weighted by molar-refractivity contribution is 0.0697. The van der Waals surface area contributed by atoms with Crippen LogP contribution in [0.15, 0.2) is 67.0 Å². The van der Waals surface area contributed by atoms with Gasteiger partial charge in [-0.1, -0.05) is 18.2 Å². The Morgan fingerprint density at radius 2 is 1.65 bits per heavy atom. The third-order valence-corrected chi connectivity index (χ3v) is 4.77. The third-order valence-electron chi connectivity index (χ3n) is 4.77. The minimum atomic E-state index is -1.00. The number of fused-ring (bicyclic) bond motifs is 1. The Bertz CT molecular complexity index is 1240. The van der Waals surface area contributed by atoms with Crippen molar-refractivity contribution >= 4 is 22.6 Å². The number of pyridine rings is 2. The summed E-state index contributed by atoms with van der Waals surface area (Å²) in [6.07, 6.45) is 3.08. The van der Waals surface area contributed by atoms with E-state index in [0.29, 0.717) is 16.6 Å². The van der Waals surface area contributed by atoms with Crippen LogP contribution in [-0.4, -0.2) is 21.0 Å². The van der Waals surface area contributed by atoms with Gasteiger partial charge in [-0.05, 0) is 54.3 Å². The number of ether oxygens (including phenoxy) is 1. The fourth-order valence-corrected chi connectivity index (χ4v) is 3.16. The summed E-state index contributed by atoms with van der Waals surface area (Å²) >= 11 is 0. The lowest BCUT2D eigenvalue weighted by Gasteiger charge is -2.18. The Morgan fingerprint density at radius 1 is 1.00 bits per heavy atom. The summed E-state index contributed by atoms with van der Waals surface area (Å²) in [6.45, 7) is 1.88. The molecule has 0 spiro atoms. The van der Waals surface area contributed by atoms with Gasteiger partial charge in [0.2, 0.25) is 11.6 Å². The van der Waals surface area contributed by atoms with Crippen LogP contribution in [0, 0.1) is 11.6 Å². The van der Waals surface area contributed by atoms with Crippen molar-refractivity contribution in [1.29, 1.82) is 0 Å². The number of hydrogen-bond donors (Lipinski definition) is 2. The van der Waals surface area contributed by atoms with Gasteiger partial charge in [0.15, 0.2) is 11.6 Å². The smallest absolute Gasteiger partial charge is 0.335 e. The number of halogens is 2. The number of rotatable bonds is 6. The molecule has 0 fully saturated rings. The minimum absolute atomic E-state index is 0.00512. The van der Waals surface area contributed by atoms with E-state index in [0.717, 1.165) is 17.7 Å². The molecule has 0 saturated heterocycles. The zero-order valence-corrected chi connectivity index (χ0v) is 16.3. The minimum Gasteiger partial charge on any atom is -0.478 e. The monoisotopic (exact) mass is 421 g/mol. The number of anilines is 1. The van der Waals surface area contributed by atoms with E-state index in [9.17, 15) is 13.6 Å². The Labute approximate surface area is 176 Å². The van der Waals surface area contributed by atoms with E-state index in [-0.39, 0.29) is 17.5 Å². The van der Waals surface area contributed by atoms with Crippen molar-refractivity contribution in [1.82, 2.24) is 9.97 Å². The fraction of sp³-hybridized carbons (Fsp3) is 0.0870. The van der Waals surface area contributed by atoms with Gasteiger partial charge in [-0.25, -0.2) is 23.5 Å². The number of nitrogens with zero attached hydrogens (tertiary/aromatic N) is 2. The number of hydrogen-bond acceptors (Lipinski definition) is 5. The molecule has 0 aliphatic carbocycles. The van der Waals surface area contributed by atoms with E-state index in [1.807, 2.05) is 6.92 Å². The quantitative estimate of drug-likeness (QED) is 0.423. The topological polar surface area (TPSA) is 84.3 Å². The van der Waals surface area contributed by atoms with Crippen molar-refractivity contribution in [3.63, 3.8) is 0 Å². The maximum Gasteiger partial charge on any atom is 0.335 e. The summed E-state index contributed by atoms with van der Waals surface area (Å²) < 4.78 is 33.7. The molecule has 2 aromatic carbocycles. The Hall–Kier alpha value is -4.07. The molecular formula is C23H17F2N3O3. The van der Waals surface area contributed by atoms with Crippen LogP contribution in [0.1, 0.15) is 28.9 Å². The molecule has 4 rings (SSSR count). The van der Waals surface area contributed by atoms with E-state index in [1.54, 1.807) is 30.5 Å². The van der Waals surface area contributed by atoms with E-state index in [1.165, 1.54) is 24.4 Å². The molecule has 2 heterocycles. The van der Waals surface area contributed by atoms with E-state index >= 15 is 0 Å². The molecule has 4 aromatic rings. The number of carboxylic acid groups (broad SMARTS) is 1. The first-order chi connectivity index (χ1) is 14.9. The second kappa shape index (κ2) is 8.35. The summed E-state index contributed by atoms with van der Waals surface area (Å²) in [5, 5.41) is 13.5. The van der Waals surface area contributed by atoms with Gasteiger partial charge in [0.25, 0.3) is 0 Å². The van der Waals surface area contributed by atoms with E-state index in [2.05, 4.69) is 15.3 Å². The lowest BCUT2D eigenvalue weighted by atomic mass is 10.1. The first kappa shape index (κ1) is 20.2. The van der Waals surface area contributed by atoms with E-state index < -0.39 is 23.4 Å². The number of para-hydroxylation sites is 1. The van der Waals surface area contributed by atoms with Crippen LogP contribution in [0.3, 0.4) is 0 Å². The number of benzene rings is 2. The largest absolute Gasteiger partial charge is 0.478 e. The third kappa shape index (κ3) is 4.13. The Morgan fingerprint density at radius 3 is 2.29 bits per heavy atom. The molecule has 0 radical (unpaired) electrons. The molecule has 156 valence electrons. The van der Waals surface area contributed by atoms with Gasteiger partial charge in [0.05, 0.1) is 10.9 Å². The van der Waals surface area contributed by atoms with Gasteiger partial charge < -0.3 is 15.2 Å². The van der Waals surface area contributed by atoms with Crippen molar-refractivity contribution in [2.24, 2.45) is 0 Å². The van der Waals surface area contributed by atoms with Crippen LogP contribution in [0.4, 0.5) is 14.6 Å². The molecule has 0 aliphatic rings. The average Bonchev–Trinajstić information content (AvgIpc) is 2.76. The number of carboxylic acids is 1. The summed E-state index contributed by atoms with van der Waals surface area (Å²) in [5.74, 6) is -2.82. The highest BCUT2D eigenvalue weighted by atomic mass is 19.1. The second-order valence-corrected chi connectivity index (χ2v) is 6.82. The molecule has 2 N–H and O–H groups in total. The van der Waals surface area contributed by atoms with Crippen LogP contribution in [0.25, 0.3) is 10.8 Å². The predicted molar refractivity (Wildman–Crippen MR) is 111 cm³/mol. The normalized spacial score (nSPS) is 11.8. The highest BCUT2D eigenvalue weighted by molar-refractivity contribution is 5.96. The van der Waals surface area contributed by atoms with Crippen molar-refractivity contribution in [2.45, 2.75) is 13.0 Å².